The van der Waals surface area contributed by atoms with Crippen molar-refractivity contribution in [1.82, 2.24) is 10.2 Å². The van der Waals surface area contributed by atoms with Crippen LogP contribution in [0.4, 0.5) is 4.79 Å². The molecule has 1 fully saturated rings. The molecule has 0 bridgehead atoms. The number of imide groups is 1. The molecule has 0 aromatic heterocycles. The van der Waals surface area contributed by atoms with Gasteiger partial charge in [0.1, 0.15) is 11.6 Å². The Labute approximate surface area is 129 Å². The maximum Gasteiger partial charge on any atom is 0.408 e. The number of ether oxygens (including phenoxy) is 1. The minimum atomic E-state index is -0.855. The average molecular weight is 304 g/mol. The molecule has 0 spiro atoms. The van der Waals surface area contributed by atoms with Gasteiger partial charge < -0.3 is 10.1 Å². The summed E-state index contributed by atoms with van der Waals surface area (Å²) >= 11 is 0. The number of hydrogen-bond donors (Lipinski definition) is 1. The molecule has 2 rings (SSSR count). The monoisotopic (exact) mass is 304 g/mol. The van der Waals surface area contributed by atoms with E-state index in [1.807, 2.05) is 30.3 Å². The molecule has 0 saturated carbocycles. The molecular weight excluding hydrogens is 284 g/mol. The molecule has 1 aromatic rings. The third-order valence-electron chi connectivity index (χ3n) is 3.12. The molecule has 1 aliphatic heterocycles. The van der Waals surface area contributed by atoms with Gasteiger partial charge in [0.05, 0.1) is 13.0 Å². The Kier molecular flexibility index (Phi) is 4.49. The lowest BCUT2D eigenvalue weighted by atomic mass is 10.2. The molecule has 1 saturated heterocycles. The zero-order valence-corrected chi connectivity index (χ0v) is 13.0. The Balaban J connectivity index is 1.98. The van der Waals surface area contributed by atoms with Crippen molar-refractivity contribution >= 4 is 17.9 Å². The number of benzene rings is 1. The normalized spacial score (nSPS) is 18.5. The molecule has 6 heteroatoms. The largest absolute Gasteiger partial charge is 0.444 e. The predicted molar refractivity (Wildman–Crippen MR) is 79.8 cm³/mol. The number of nitrogens with one attached hydrogen (secondary N) is 1. The minimum absolute atomic E-state index is 0.0368. The Bertz CT molecular complexity index is 578. The second kappa shape index (κ2) is 6.17. The van der Waals surface area contributed by atoms with Gasteiger partial charge in [0.25, 0.3) is 5.91 Å². The van der Waals surface area contributed by atoms with E-state index < -0.39 is 23.6 Å². The molecule has 6 nitrogen and oxygen atoms in total. The SMILES string of the molecule is CC(C)(C)OC(=O)NC1CC(=O)N(Cc2ccccc2)C1=O. The summed E-state index contributed by atoms with van der Waals surface area (Å²) in [5.74, 6) is -0.699. The van der Waals surface area contributed by atoms with E-state index in [1.165, 1.54) is 0 Å². The lowest BCUT2D eigenvalue weighted by Crippen LogP contribution is -2.43. The number of carbonyl (C=O) groups excluding carboxylic acids is 3. The van der Waals surface area contributed by atoms with Crippen molar-refractivity contribution in [3.05, 3.63) is 35.9 Å². The van der Waals surface area contributed by atoms with Crippen molar-refractivity contribution in [1.29, 1.82) is 0 Å². The van der Waals surface area contributed by atoms with Gasteiger partial charge in [-0.25, -0.2) is 4.79 Å². The molecule has 1 heterocycles. The van der Waals surface area contributed by atoms with Crippen molar-refractivity contribution in [2.75, 3.05) is 0 Å². The number of likely N-dealkylation sites (tertiary alicyclic amines) is 1. The fourth-order valence-electron chi connectivity index (χ4n) is 2.18. The van der Waals surface area contributed by atoms with Crippen molar-refractivity contribution in [3.63, 3.8) is 0 Å². The first-order valence-corrected chi connectivity index (χ1v) is 7.14. The molecule has 1 unspecified atom stereocenters. The quantitative estimate of drug-likeness (QED) is 0.865. The lowest BCUT2D eigenvalue weighted by Gasteiger charge is -2.21. The standard InChI is InChI=1S/C16H20N2O4/c1-16(2,3)22-15(21)17-12-9-13(19)18(14(12)20)10-11-7-5-4-6-8-11/h4-8,12H,9-10H2,1-3H3,(H,17,21). The highest BCUT2D eigenvalue weighted by molar-refractivity contribution is 6.06. The van der Waals surface area contributed by atoms with Crippen molar-refractivity contribution in [2.45, 2.75) is 45.4 Å². The van der Waals surface area contributed by atoms with Gasteiger partial charge in [-0.05, 0) is 26.3 Å². The molecule has 1 atom stereocenters. The molecule has 0 radical (unpaired) electrons. The van der Waals surface area contributed by atoms with Crippen LogP contribution >= 0.6 is 0 Å². The van der Waals surface area contributed by atoms with E-state index >= 15 is 0 Å². The van der Waals surface area contributed by atoms with Crippen LogP contribution in [0.25, 0.3) is 0 Å². The Morgan fingerprint density at radius 3 is 2.50 bits per heavy atom. The highest BCUT2D eigenvalue weighted by Gasteiger charge is 2.39. The highest BCUT2D eigenvalue weighted by Crippen LogP contribution is 2.17. The van der Waals surface area contributed by atoms with Crippen LogP contribution in [-0.2, 0) is 20.9 Å². The first kappa shape index (κ1) is 16.0. The maximum atomic E-state index is 12.3. The molecule has 22 heavy (non-hydrogen) atoms. The van der Waals surface area contributed by atoms with Crippen molar-refractivity contribution < 1.29 is 19.1 Å². The fourth-order valence-corrected chi connectivity index (χ4v) is 2.18. The number of carbonyl (C=O) groups is 3. The van der Waals surface area contributed by atoms with Crippen LogP contribution in [0.3, 0.4) is 0 Å². The van der Waals surface area contributed by atoms with Crippen molar-refractivity contribution in [3.8, 4) is 0 Å². The van der Waals surface area contributed by atoms with Gasteiger partial charge in [-0.15, -0.1) is 0 Å². The predicted octanol–water partition coefficient (Wildman–Crippen LogP) is 1.84. The Morgan fingerprint density at radius 1 is 1.27 bits per heavy atom. The topological polar surface area (TPSA) is 75.7 Å². The number of alkyl carbamates (subject to hydrolysis) is 1. The van der Waals surface area contributed by atoms with Gasteiger partial charge in [0.15, 0.2) is 0 Å². The van der Waals surface area contributed by atoms with Gasteiger partial charge in [-0.3, -0.25) is 14.5 Å². The molecule has 1 N–H and O–H groups in total. The zero-order valence-electron chi connectivity index (χ0n) is 13.0. The van der Waals surface area contributed by atoms with Crippen LogP contribution < -0.4 is 5.32 Å². The number of hydrogen-bond acceptors (Lipinski definition) is 4. The van der Waals surface area contributed by atoms with E-state index in [0.29, 0.717) is 0 Å². The van der Waals surface area contributed by atoms with Crippen LogP contribution in [0.2, 0.25) is 0 Å². The molecular formula is C16H20N2O4. The highest BCUT2D eigenvalue weighted by atomic mass is 16.6. The average Bonchev–Trinajstić information content (AvgIpc) is 2.65. The molecule has 1 aromatic carbocycles. The van der Waals surface area contributed by atoms with Gasteiger partial charge in [-0.1, -0.05) is 30.3 Å². The van der Waals surface area contributed by atoms with E-state index in [0.717, 1.165) is 10.5 Å². The zero-order chi connectivity index (χ0) is 16.3. The molecule has 0 aliphatic carbocycles. The summed E-state index contributed by atoms with van der Waals surface area (Å²) in [6.45, 7) is 5.41. The van der Waals surface area contributed by atoms with Gasteiger partial charge in [-0.2, -0.15) is 0 Å². The summed E-state index contributed by atoms with van der Waals surface area (Å²) in [5.41, 5.74) is 0.210. The maximum absolute atomic E-state index is 12.3. The van der Waals surface area contributed by atoms with E-state index in [-0.39, 0.29) is 18.9 Å². The van der Waals surface area contributed by atoms with Gasteiger partial charge in [0.2, 0.25) is 5.91 Å². The van der Waals surface area contributed by atoms with E-state index in [2.05, 4.69) is 5.32 Å². The lowest BCUT2D eigenvalue weighted by molar-refractivity contribution is -0.139. The third kappa shape index (κ3) is 4.07. The number of rotatable bonds is 3. The Hall–Kier alpha value is -2.37. The minimum Gasteiger partial charge on any atom is -0.444 e. The summed E-state index contributed by atoms with van der Waals surface area (Å²) in [7, 11) is 0. The van der Waals surface area contributed by atoms with Crippen LogP contribution in [0.5, 0.6) is 0 Å². The number of nitrogens with zero attached hydrogens (tertiary/aromatic N) is 1. The van der Waals surface area contributed by atoms with Crippen molar-refractivity contribution in [2.24, 2.45) is 0 Å². The van der Waals surface area contributed by atoms with E-state index in [1.54, 1.807) is 20.8 Å². The Morgan fingerprint density at radius 2 is 1.91 bits per heavy atom. The molecule has 3 amide bonds. The summed E-state index contributed by atoms with van der Waals surface area (Å²) in [6, 6.07) is 8.38. The number of amides is 3. The van der Waals surface area contributed by atoms with E-state index in [4.69, 9.17) is 4.74 Å². The second-order valence-electron chi connectivity index (χ2n) is 6.21. The summed E-state index contributed by atoms with van der Waals surface area (Å²) in [6.07, 6.45) is -0.731. The summed E-state index contributed by atoms with van der Waals surface area (Å²) in [5, 5.41) is 2.46. The van der Waals surface area contributed by atoms with Crippen LogP contribution in [0.1, 0.15) is 32.8 Å². The van der Waals surface area contributed by atoms with Crippen LogP contribution in [-0.4, -0.2) is 34.5 Å². The van der Waals surface area contributed by atoms with Crippen LogP contribution in [0, 0.1) is 0 Å². The smallest absolute Gasteiger partial charge is 0.408 e. The summed E-state index contributed by atoms with van der Waals surface area (Å²) in [4.78, 5) is 37.1. The third-order valence-corrected chi connectivity index (χ3v) is 3.12. The first-order chi connectivity index (χ1) is 10.3. The van der Waals surface area contributed by atoms with Crippen LogP contribution in [0.15, 0.2) is 30.3 Å². The fraction of sp³-hybridized carbons (Fsp3) is 0.438. The van der Waals surface area contributed by atoms with Gasteiger partial charge >= 0.3 is 6.09 Å². The molecule has 118 valence electrons. The summed E-state index contributed by atoms with van der Waals surface area (Å²) < 4.78 is 5.10. The first-order valence-electron chi connectivity index (χ1n) is 7.14. The van der Waals surface area contributed by atoms with Gasteiger partial charge in [0, 0.05) is 0 Å². The van der Waals surface area contributed by atoms with E-state index in [9.17, 15) is 14.4 Å². The second-order valence-corrected chi connectivity index (χ2v) is 6.21. The molecule has 1 aliphatic rings.